The summed E-state index contributed by atoms with van der Waals surface area (Å²) in [6.07, 6.45) is 0. The van der Waals surface area contributed by atoms with Gasteiger partial charge in [-0.1, -0.05) is 72.8 Å². The van der Waals surface area contributed by atoms with Crippen LogP contribution in [0.15, 0.2) is 72.8 Å². The Kier molecular flexibility index (Phi) is 1.99. The smallest absolute Gasteiger partial charge is 0.0620 e. The van der Waals surface area contributed by atoms with E-state index in [1.165, 1.54) is 33.4 Å². The Labute approximate surface area is 125 Å². The summed E-state index contributed by atoms with van der Waals surface area (Å²) in [5.74, 6) is 0.399. The molecule has 3 aromatic rings. The van der Waals surface area contributed by atoms with E-state index in [4.69, 9.17) is 0 Å². The number of hydrogen-bond acceptors (Lipinski definition) is 0. The van der Waals surface area contributed by atoms with Gasteiger partial charge in [-0.2, -0.15) is 0 Å². The first-order valence-electron chi connectivity index (χ1n) is 7.60. The van der Waals surface area contributed by atoms with Crippen LogP contribution in [0.1, 0.15) is 39.3 Å². The van der Waals surface area contributed by atoms with Gasteiger partial charge in [0.25, 0.3) is 0 Å². The van der Waals surface area contributed by atoms with Gasteiger partial charge >= 0.3 is 0 Å². The van der Waals surface area contributed by atoms with Crippen molar-refractivity contribution in [1.29, 1.82) is 0 Å². The summed E-state index contributed by atoms with van der Waals surface area (Å²) in [7, 11) is 2.39. The lowest BCUT2D eigenvalue weighted by molar-refractivity contribution is 0.704. The molecule has 0 aromatic heterocycles. The first-order valence-corrected chi connectivity index (χ1v) is 7.60. The molecule has 0 amide bonds. The highest BCUT2D eigenvalue weighted by molar-refractivity contribution is 6.22. The lowest BCUT2D eigenvalue weighted by atomic mass is 9.45. The van der Waals surface area contributed by atoms with E-state index in [1.54, 1.807) is 0 Å². The molecule has 3 aromatic carbocycles. The molecule has 0 saturated carbocycles. The minimum Gasteiger partial charge on any atom is -0.0620 e. The van der Waals surface area contributed by atoms with Gasteiger partial charge in [-0.05, 0) is 33.4 Å². The highest BCUT2D eigenvalue weighted by Gasteiger charge is 2.47. The predicted octanol–water partition coefficient (Wildman–Crippen LogP) is 3.42. The molecular formula is C20H15B. The van der Waals surface area contributed by atoms with Gasteiger partial charge < -0.3 is 0 Å². The van der Waals surface area contributed by atoms with Crippen LogP contribution in [0.25, 0.3) is 0 Å². The van der Waals surface area contributed by atoms with Gasteiger partial charge in [-0.15, -0.1) is 0 Å². The second-order valence-electron chi connectivity index (χ2n) is 6.32. The second-order valence-corrected chi connectivity index (χ2v) is 6.32. The van der Waals surface area contributed by atoms with Crippen molar-refractivity contribution in [3.05, 3.63) is 106 Å². The molecule has 0 nitrogen and oxygen atoms in total. The maximum Gasteiger partial charge on any atom is 0.126 e. The van der Waals surface area contributed by atoms with Crippen LogP contribution in [0, 0.1) is 0 Å². The minimum atomic E-state index is -0.0153. The molecule has 0 heterocycles. The van der Waals surface area contributed by atoms with Crippen molar-refractivity contribution >= 4 is 7.85 Å². The Morgan fingerprint density at radius 1 is 0.571 bits per heavy atom. The van der Waals surface area contributed by atoms with Crippen molar-refractivity contribution in [3.63, 3.8) is 0 Å². The molecule has 1 heteroatoms. The molecule has 0 radical (unpaired) electrons. The topological polar surface area (TPSA) is 0 Å². The lowest BCUT2D eigenvalue weighted by Crippen LogP contribution is -2.42. The third kappa shape index (κ3) is 1.19. The van der Waals surface area contributed by atoms with Gasteiger partial charge in [0.2, 0.25) is 0 Å². The zero-order chi connectivity index (χ0) is 14.0. The summed E-state index contributed by atoms with van der Waals surface area (Å²) in [6, 6.07) is 26.9. The zero-order valence-electron chi connectivity index (χ0n) is 12.0. The first-order chi connectivity index (χ1) is 10.3. The molecular weight excluding hydrogens is 251 g/mol. The largest absolute Gasteiger partial charge is 0.126 e. The Balaban J connectivity index is 2.00. The summed E-state index contributed by atoms with van der Waals surface area (Å²) in [6.45, 7) is 0. The molecule has 0 atom stereocenters. The first kappa shape index (κ1) is 11.4. The molecule has 2 bridgehead atoms. The van der Waals surface area contributed by atoms with E-state index in [9.17, 15) is 0 Å². The normalized spacial score (nSPS) is 24.1. The average molecular weight is 266 g/mol. The lowest BCUT2D eigenvalue weighted by Gasteiger charge is -2.49. The van der Waals surface area contributed by atoms with E-state index < -0.39 is 0 Å². The number of rotatable bonds is 0. The van der Waals surface area contributed by atoms with Gasteiger partial charge in [0, 0.05) is 11.2 Å². The van der Waals surface area contributed by atoms with Crippen LogP contribution in [0.3, 0.4) is 0 Å². The van der Waals surface area contributed by atoms with Gasteiger partial charge in [-0.3, -0.25) is 0 Å². The van der Waals surface area contributed by atoms with Crippen molar-refractivity contribution in [2.45, 2.75) is 11.2 Å². The van der Waals surface area contributed by atoms with Crippen LogP contribution in [0.4, 0.5) is 0 Å². The van der Waals surface area contributed by atoms with E-state index in [1.807, 2.05) is 0 Å². The molecule has 0 saturated heterocycles. The summed E-state index contributed by atoms with van der Waals surface area (Å²) in [5.41, 5.74) is 8.89. The fraction of sp³-hybridized carbons (Fsp3) is 0.100. The van der Waals surface area contributed by atoms with Crippen molar-refractivity contribution in [3.8, 4) is 0 Å². The van der Waals surface area contributed by atoms with Crippen molar-refractivity contribution < 1.29 is 0 Å². The minimum absolute atomic E-state index is 0.0153. The highest BCUT2D eigenvalue weighted by Crippen LogP contribution is 2.57. The molecule has 0 aliphatic heterocycles. The number of hydrogen-bond donors (Lipinski definition) is 0. The summed E-state index contributed by atoms with van der Waals surface area (Å²) >= 11 is 0. The molecule has 0 fully saturated rings. The van der Waals surface area contributed by atoms with Crippen molar-refractivity contribution in [2.24, 2.45) is 0 Å². The molecule has 6 rings (SSSR count). The monoisotopic (exact) mass is 266 g/mol. The van der Waals surface area contributed by atoms with Crippen LogP contribution >= 0.6 is 0 Å². The van der Waals surface area contributed by atoms with Gasteiger partial charge in [0.05, 0.1) is 0 Å². The summed E-state index contributed by atoms with van der Waals surface area (Å²) in [4.78, 5) is 0. The van der Waals surface area contributed by atoms with Crippen LogP contribution < -0.4 is 0 Å². The molecule has 21 heavy (non-hydrogen) atoms. The van der Waals surface area contributed by atoms with Crippen LogP contribution in [-0.4, -0.2) is 7.85 Å². The third-order valence-electron chi connectivity index (χ3n) is 5.43. The molecule has 3 aliphatic carbocycles. The van der Waals surface area contributed by atoms with Gasteiger partial charge in [-0.25, -0.2) is 0 Å². The maximum absolute atomic E-state index is 2.39. The molecule has 0 spiro atoms. The van der Waals surface area contributed by atoms with Crippen LogP contribution in [0.2, 0.25) is 0 Å². The van der Waals surface area contributed by atoms with Gasteiger partial charge in [0.15, 0.2) is 0 Å². The van der Waals surface area contributed by atoms with E-state index in [0.717, 1.165) is 0 Å². The third-order valence-corrected chi connectivity index (χ3v) is 5.43. The zero-order valence-corrected chi connectivity index (χ0v) is 12.0. The fourth-order valence-corrected chi connectivity index (χ4v) is 4.55. The van der Waals surface area contributed by atoms with E-state index in [0.29, 0.717) is 5.92 Å². The second kappa shape index (κ2) is 3.68. The predicted molar refractivity (Wildman–Crippen MR) is 88.7 cm³/mol. The summed E-state index contributed by atoms with van der Waals surface area (Å²) in [5, 5.41) is -0.0153. The van der Waals surface area contributed by atoms with Gasteiger partial charge in [0.1, 0.15) is 7.85 Å². The molecule has 0 unspecified atom stereocenters. The van der Waals surface area contributed by atoms with Crippen LogP contribution in [0.5, 0.6) is 0 Å². The Bertz CT molecular complexity index is 763. The van der Waals surface area contributed by atoms with Crippen molar-refractivity contribution in [1.82, 2.24) is 0 Å². The maximum atomic E-state index is 2.39. The SMILES string of the molecule is BC12c3ccccc3C(c3ccccc31)c1ccccc12. The Morgan fingerprint density at radius 3 is 1.29 bits per heavy atom. The highest BCUT2D eigenvalue weighted by atomic mass is 14.5. The molecule has 3 aliphatic rings. The molecule has 98 valence electrons. The Hall–Kier alpha value is -2.28. The molecule has 0 N–H and O–H groups in total. The van der Waals surface area contributed by atoms with E-state index >= 15 is 0 Å². The average Bonchev–Trinajstić information content (AvgIpc) is 2.56. The standard InChI is InChI=1S/C20H15B/c21-20-16-10-4-1-7-13(16)19(14-8-2-5-11-17(14)20)15-9-3-6-12-18(15)20/h1-12,19H,21H2. The fourth-order valence-electron chi connectivity index (χ4n) is 4.55. The van der Waals surface area contributed by atoms with Crippen LogP contribution in [-0.2, 0) is 5.31 Å². The van der Waals surface area contributed by atoms with Crippen molar-refractivity contribution in [2.75, 3.05) is 0 Å². The number of benzene rings is 3. The quantitative estimate of drug-likeness (QED) is 0.547. The van der Waals surface area contributed by atoms with E-state index in [-0.39, 0.29) is 5.31 Å². The summed E-state index contributed by atoms with van der Waals surface area (Å²) < 4.78 is 0. The Morgan fingerprint density at radius 2 is 0.905 bits per heavy atom. The van der Waals surface area contributed by atoms with E-state index in [2.05, 4.69) is 80.6 Å².